The summed E-state index contributed by atoms with van der Waals surface area (Å²) in [5.41, 5.74) is 4.29. The van der Waals surface area contributed by atoms with E-state index in [0.29, 0.717) is 6.42 Å². The SMILES string of the molecule is CCC(C)(NC(=O)OCC1c2ccccc2-c2ccccc21)C(=O)NCc1ccc(C(=O)O)cc1. The first-order chi connectivity index (χ1) is 16.8. The van der Waals surface area contributed by atoms with Crippen molar-refractivity contribution in [3.8, 4) is 11.1 Å². The fraction of sp³-hybridized carbons (Fsp3) is 0.250. The van der Waals surface area contributed by atoms with E-state index in [2.05, 4.69) is 22.8 Å². The van der Waals surface area contributed by atoms with Crippen LogP contribution in [0.4, 0.5) is 4.79 Å². The van der Waals surface area contributed by atoms with E-state index in [9.17, 15) is 14.4 Å². The minimum atomic E-state index is -1.16. The van der Waals surface area contributed by atoms with E-state index < -0.39 is 17.6 Å². The molecule has 1 unspecified atom stereocenters. The molecule has 0 spiro atoms. The summed E-state index contributed by atoms with van der Waals surface area (Å²) in [6.45, 7) is 3.83. The van der Waals surface area contributed by atoms with E-state index in [1.165, 1.54) is 12.1 Å². The van der Waals surface area contributed by atoms with Crippen molar-refractivity contribution in [1.82, 2.24) is 10.6 Å². The second kappa shape index (κ2) is 10.0. The van der Waals surface area contributed by atoms with Crippen LogP contribution in [0.2, 0.25) is 0 Å². The van der Waals surface area contributed by atoms with Crippen LogP contribution in [0.15, 0.2) is 72.8 Å². The maximum atomic E-state index is 12.9. The van der Waals surface area contributed by atoms with Crippen molar-refractivity contribution in [2.45, 2.75) is 38.3 Å². The highest BCUT2D eigenvalue weighted by molar-refractivity contribution is 5.90. The molecule has 1 atom stereocenters. The highest BCUT2D eigenvalue weighted by Gasteiger charge is 2.34. The van der Waals surface area contributed by atoms with Gasteiger partial charge in [0.1, 0.15) is 12.1 Å². The number of ether oxygens (including phenoxy) is 1. The van der Waals surface area contributed by atoms with Gasteiger partial charge in [0.2, 0.25) is 5.91 Å². The monoisotopic (exact) mass is 472 g/mol. The maximum Gasteiger partial charge on any atom is 0.408 e. The molecule has 0 aliphatic heterocycles. The van der Waals surface area contributed by atoms with E-state index in [1.54, 1.807) is 19.1 Å². The van der Waals surface area contributed by atoms with Gasteiger partial charge >= 0.3 is 12.1 Å². The molecule has 4 rings (SSSR count). The summed E-state index contributed by atoms with van der Waals surface area (Å²) in [4.78, 5) is 36.6. The third-order valence-electron chi connectivity index (χ3n) is 6.58. The predicted octanol–water partition coefficient (Wildman–Crippen LogP) is 4.71. The van der Waals surface area contributed by atoms with Crippen LogP contribution < -0.4 is 10.6 Å². The number of benzene rings is 3. The Morgan fingerprint density at radius 1 is 0.914 bits per heavy atom. The Hall–Kier alpha value is -4.13. The molecule has 0 fully saturated rings. The summed E-state index contributed by atoms with van der Waals surface area (Å²) < 4.78 is 5.60. The van der Waals surface area contributed by atoms with Crippen LogP contribution in [0.25, 0.3) is 11.1 Å². The fourth-order valence-electron chi connectivity index (χ4n) is 4.31. The number of aromatic carboxylic acids is 1. The Morgan fingerprint density at radius 3 is 2.03 bits per heavy atom. The van der Waals surface area contributed by atoms with Gasteiger partial charge in [-0.05, 0) is 53.3 Å². The zero-order valence-corrected chi connectivity index (χ0v) is 19.7. The summed E-state index contributed by atoms with van der Waals surface area (Å²) >= 11 is 0. The number of hydrogen-bond donors (Lipinski definition) is 3. The van der Waals surface area contributed by atoms with Gasteiger partial charge in [-0.3, -0.25) is 4.79 Å². The minimum Gasteiger partial charge on any atom is -0.478 e. The summed E-state index contributed by atoms with van der Waals surface area (Å²) in [5, 5.41) is 14.5. The average Bonchev–Trinajstić information content (AvgIpc) is 3.19. The lowest BCUT2D eigenvalue weighted by Gasteiger charge is -2.28. The molecule has 3 N–H and O–H groups in total. The number of hydrogen-bond acceptors (Lipinski definition) is 4. The lowest BCUT2D eigenvalue weighted by molar-refractivity contribution is -0.127. The molecule has 7 heteroatoms. The lowest BCUT2D eigenvalue weighted by Crippen LogP contribution is -2.56. The van der Waals surface area contributed by atoms with E-state index in [4.69, 9.17) is 9.84 Å². The minimum absolute atomic E-state index is 0.0661. The first-order valence-electron chi connectivity index (χ1n) is 11.6. The molecule has 0 saturated carbocycles. The molecule has 7 nitrogen and oxygen atoms in total. The molecule has 0 saturated heterocycles. The zero-order chi connectivity index (χ0) is 25.0. The van der Waals surface area contributed by atoms with Crippen LogP contribution in [0.5, 0.6) is 0 Å². The Morgan fingerprint density at radius 2 is 1.49 bits per heavy atom. The van der Waals surface area contributed by atoms with Crippen molar-refractivity contribution in [3.05, 3.63) is 95.1 Å². The van der Waals surface area contributed by atoms with Crippen LogP contribution in [-0.4, -0.2) is 35.2 Å². The first-order valence-corrected chi connectivity index (χ1v) is 11.6. The van der Waals surface area contributed by atoms with Crippen LogP contribution >= 0.6 is 0 Å². The predicted molar refractivity (Wildman–Crippen MR) is 132 cm³/mol. The van der Waals surface area contributed by atoms with Crippen LogP contribution in [0, 0.1) is 0 Å². The molecule has 1 aliphatic rings. The molecule has 3 aromatic rings. The normalized spacial score (nSPS) is 13.8. The summed E-state index contributed by atoms with van der Waals surface area (Å²) in [5.74, 6) is -1.43. The van der Waals surface area contributed by atoms with E-state index >= 15 is 0 Å². The van der Waals surface area contributed by atoms with Crippen molar-refractivity contribution < 1.29 is 24.2 Å². The van der Waals surface area contributed by atoms with Crippen LogP contribution in [-0.2, 0) is 16.1 Å². The molecule has 0 aromatic heterocycles. The Balaban J connectivity index is 1.36. The molecule has 0 radical (unpaired) electrons. The van der Waals surface area contributed by atoms with E-state index in [-0.39, 0.29) is 30.5 Å². The van der Waals surface area contributed by atoms with Gasteiger partial charge < -0.3 is 20.5 Å². The van der Waals surface area contributed by atoms with Gasteiger partial charge in [-0.1, -0.05) is 67.6 Å². The largest absolute Gasteiger partial charge is 0.478 e. The van der Waals surface area contributed by atoms with Crippen molar-refractivity contribution in [3.63, 3.8) is 0 Å². The summed E-state index contributed by atoms with van der Waals surface area (Å²) in [6.07, 6.45) is -0.293. The number of carbonyl (C=O) groups excluding carboxylic acids is 2. The topological polar surface area (TPSA) is 105 Å². The van der Waals surface area contributed by atoms with Gasteiger partial charge in [0.25, 0.3) is 0 Å². The Labute approximate surface area is 204 Å². The molecule has 180 valence electrons. The fourth-order valence-corrected chi connectivity index (χ4v) is 4.31. The number of nitrogens with one attached hydrogen (secondary N) is 2. The molecular weight excluding hydrogens is 444 g/mol. The molecule has 1 aliphatic carbocycles. The Kier molecular flexibility index (Phi) is 6.87. The maximum absolute atomic E-state index is 12.9. The van der Waals surface area contributed by atoms with Crippen molar-refractivity contribution >= 4 is 18.0 Å². The lowest BCUT2D eigenvalue weighted by atomic mass is 9.97. The highest BCUT2D eigenvalue weighted by atomic mass is 16.5. The number of fused-ring (bicyclic) bond motifs is 3. The smallest absolute Gasteiger partial charge is 0.408 e. The molecular formula is C28H28N2O5. The summed E-state index contributed by atoms with van der Waals surface area (Å²) in [7, 11) is 0. The Bertz CT molecular complexity index is 1210. The third kappa shape index (κ3) is 5.04. The van der Waals surface area contributed by atoms with Crippen LogP contribution in [0.3, 0.4) is 0 Å². The number of rotatable bonds is 8. The standard InChI is InChI=1S/C28H28N2O5/c1-3-28(2,26(33)29-16-18-12-14-19(15-13-18)25(31)32)30-27(34)35-17-24-22-10-6-4-8-20(22)21-9-5-7-11-23(21)24/h4-15,24H,3,16-17H2,1-2H3,(H,29,33)(H,30,34)(H,31,32). The molecule has 2 amide bonds. The molecule has 3 aromatic carbocycles. The average molecular weight is 473 g/mol. The van der Waals surface area contributed by atoms with Crippen molar-refractivity contribution in [2.75, 3.05) is 6.61 Å². The van der Waals surface area contributed by atoms with Crippen molar-refractivity contribution in [2.24, 2.45) is 0 Å². The zero-order valence-electron chi connectivity index (χ0n) is 19.7. The van der Waals surface area contributed by atoms with Gasteiger partial charge in [0.05, 0.1) is 5.56 Å². The molecule has 0 bridgehead atoms. The summed E-state index contributed by atoms with van der Waals surface area (Å²) in [6, 6.07) is 22.4. The number of carboxylic acids is 1. The van der Waals surface area contributed by atoms with Gasteiger partial charge in [0.15, 0.2) is 0 Å². The third-order valence-corrected chi connectivity index (χ3v) is 6.58. The number of amides is 2. The first kappa shape index (κ1) is 24.0. The van der Waals surface area contributed by atoms with E-state index in [0.717, 1.165) is 27.8 Å². The van der Waals surface area contributed by atoms with Crippen LogP contribution in [0.1, 0.15) is 53.2 Å². The van der Waals surface area contributed by atoms with Gasteiger partial charge in [-0.2, -0.15) is 0 Å². The quantitative estimate of drug-likeness (QED) is 0.440. The number of carboxylic acid groups (broad SMARTS) is 1. The second-order valence-electron chi connectivity index (χ2n) is 8.82. The van der Waals surface area contributed by atoms with E-state index in [1.807, 2.05) is 43.3 Å². The highest BCUT2D eigenvalue weighted by Crippen LogP contribution is 2.44. The van der Waals surface area contributed by atoms with Gasteiger partial charge in [-0.25, -0.2) is 9.59 Å². The number of alkyl carbamates (subject to hydrolysis) is 1. The molecule has 0 heterocycles. The second-order valence-corrected chi connectivity index (χ2v) is 8.82. The molecule has 35 heavy (non-hydrogen) atoms. The van der Waals surface area contributed by atoms with Gasteiger partial charge in [-0.15, -0.1) is 0 Å². The van der Waals surface area contributed by atoms with Gasteiger partial charge in [0, 0.05) is 12.5 Å². The number of carbonyl (C=O) groups is 3. The van der Waals surface area contributed by atoms with Crippen molar-refractivity contribution in [1.29, 1.82) is 0 Å².